The van der Waals surface area contributed by atoms with E-state index in [1.165, 1.54) is 0 Å². The molecule has 0 bridgehead atoms. The molecule has 1 atom stereocenters. The van der Waals surface area contributed by atoms with E-state index in [-0.39, 0.29) is 0 Å². The normalized spacial score (nSPS) is 22.1. The van der Waals surface area contributed by atoms with E-state index in [1.54, 1.807) is 0 Å². The van der Waals surface area contributed by atoms with Crippen molar-refractivity contribution in [3.05, 3.63) is 0 Å². The van der Waals surface area contributed by atoms with Crippen molar-refractivity contribution in [3.63, 3.8) is 0 Å². The number of halogens is 21. The van der Waals surface area contributed by atoms with E-state index in [2.05, 4.69) is 4.43 Å². The van der Waals surface area contributed by atoms with E-state index < -0.39 is 97.9 Å². The molecule has 0 spiro atoms. The summed E-state index contributed by atoms with van der Waals surface area (Å²) in [5, 5.41) is 0. The monoisotopic (exact) mass is 652 g/mol. The quantitative estimate of drug-likeness (QED) is 0.259. The first kappa shape index (κ1) is 34.2. The van der Waals surface area contributed by atoms with Crippen molar-refractivity contribution in [2.24, 2.45) is 0 Å². The Morgan fingerprint density at radius 1 is 0.432 bits per heavy atom. The third kappa shape index (κ3) is 4.35. The zero-order valence-electron chi connectivity index (χ0n) is 16.8. The smallest absolute Gasteiger partial charge is 0.428 e. The van der Waals surface area contributed by atoms with Gasteiger partial charge in [-0.05, 0) is 6.04 Å². The lowest BCUT2D eigenvalue weighted by molar-refractivity contribution is -0.472. The van der Waals surface area contributed by atoms with E-state index in [4.69, 9.17) is 0 Å². The zero-order chi connectivity index (χ0) is 30.1. The average Bonchev–Trinajstić information content (AvgIpc) is 2.72. The third-order valence-corrected chi connectivity index (χ3v) is 23.9. The third-order valence-electron chi connectivity index (χ3n) is 5.27. The Labute approximate surface area is 195 Å². The highest BCUT2D eigenvalue weighted by molar-refractivity contribution is 7.35. The summed E-state index contributed by atoms with van der Waals surface area (Å²) in [5.41, 5.74) is -6.30. The van der Waals surface area contributed by atoms with E-state index in [0.717, 1.165) is 0 Å². The molecule has 0 aromatic carbocycles. The molecule has 0 amide bonds. The van der Waals surface area contributed by atoms with E-state index in [0.29, 0.717) is 0 Å². The maximum atomic E-state index is 14.1. The van der Waals surface area contributed by atoms with Crippen molar-refractivity contribution in [2.75, 3.05) is 6.61 Å². The molecule has 1 nitrogen and oxygen atoms in total. The largest absolute Gasteiger partial charge is 0.460 e. The Balaban J connectivity index is 3.72. The minimum atomic E-state index is -9.12. The highest BCUT2D eigenvalue weighted by atomic mass is 29.5. The van der Waals surface area contributed by atoms with Crippen molar-refractivity contribution in [2.45, 2.75) is 65.1 Å². The minimum absolute atomic E-state index is 0.785. The highest BCUT2D eigenvalue weighted by Crippen LogP contribution is 2.66. The van der Waals surface area contributed by atoms with Crippen LogP contribution >= 0.6 is 0 Å². The summed E-state index contributed by atoms with van der Waals surface area (Å²) in [7, 11) is -9.09. The van der Waals surface area contributed by atoms with Gasteiger partial charge in [-0.3, -0.25) is 0 Å². The van der Waals surface area contributed by atoms with Crippen LogP contribution in [0.25, 0.3) is 0 Å². The molecule has 1 rings (SSSR count). The number of hydrogen-bond acceptors (Lipinski definition) is 1. The summed E-state index contributed by atoms with van der Waals surface area (Å²) in [6.45, 7) is -0.785. The summed E-state index contributed by atoms with van der Waals surface area (Å²) in [6, 6.07) is -1.13. The van der Waals surface area contributed by atoms with Crippen molar-refractivity contribution in [1.29, 1.82) is 0 Å². The molecule has 1 aliphatic rings. The van der Waals surface area contributed by atoms with Crippen LogP contribution < -0.4 is 0 Å². The van der Waals surface area contributed by atoms with Gasteiger partial charge < -0.3 is 4.43 Å². The number of alkyl halides is 21. The van der Waals surface area contributed by atoms with Crippen LogP contribution in [0.5, 0.6) is 0 Å². The summed E-state index contributed by atoms with van der Waals surface area (Å²) in [4.78, 5) is 0. The molecule has 25 heteroatoms. The van der Waals surface area contributed by atoms with Crippen LogP contribution in [0.3, 0.4) is 0 Å². The minimum Gasteiger partial charge on any atom is -0.428 e. The lowest BCUT2D eigenvalue weighted by Crippen LogP contribution is -2.77. The summed E-state index contributed by atoms with van der Waals surface area (Å²) in [6.07, 6.45) is -7.98. The second-order valence-corrected chi connectivity index (χ2v) is 22.8. The van der Waals surface area contributed by atoms with E-state index in [1.807, 2.05) is 0 Å². The molecule has 1 unspecified atom stereocenters. The van der Waals surface area contributed by atoms with Gasteiger partial charge in [-0.2, -0.15) is 83.4 Å². The van der Waals surface area contributed by atoms with Gasteiger partial charge in [0.1, 0.15) is 17.6 Å². The first-order valence-corrected chi connectivity index (χ1v) is 18.1. The van der Waals surface area contributed by atoms with Crippen LogP contribution in [0.4, 0.5) is 92.2 Å². The fraction of sp³-hybridized carbons (Fsp3) is 1.00. The lowest BCUT2D eigenvalue weighted by atomic mass is 9.87. The SMILES string of the molecule is FC(F)(F)C(F)(F)C(F)(F)C(F)(F)C(F)(F)C(F)(F)C(F)(F)C(F)(F)C(F)(F)C(F)(F)[SiH]1CCO[SiH2][SiH2]1. The van der Waals surface area contributed by atoms with Gasteiger partial charge in [-0.1, -0.05) is 0 Å². The Morgan fingerprint density at radius 3 is 1.00 bits per heavy atom. The highest BCUT2D eigenvalue weighted by Gasteiger charge is 2.97. The molecule has 1 heterocycles. The van der Waals surface area contributed by atoms with Crippen LogP contribution in [0.1, 0.15) is 0 Å². The summed E-state index contributed by atoms with van der Waals surface area (Å²) in [5.74, 6) is -69.6. The van der Waals surface area contributed by atoms with E-state index >= 15 is 0 Å². The molecule has 0 radical (unpaired) electrons. The molecule has 0 aliphatic carbocycles. The molecule has 0 N–H and O–H groups in total. The first-order chi connectivity index (χ1) is 15.9. The summed E-state index contributed by atoms with van der Waals surface area (Å²) >= 11 is 0. The van der Waals surface area contributed by atoms with Gasteiger partial charge in [-0.15, -0.1) is 0 Å². The van der Waals surface area contributed by atoms with E-state index in [9.17, 15) is 92.2 Å². The molecular weight excluding hydrogens is 643 g/mol. The first-order valence-electron chi connectivity index (χ1n) is 8.90. The van der Waals surface area contributed by atoms with Gasteiger partial charge in [0.2, 0.25) is 0 Å². The van der Waals surface area contributed by atoms with Crippen LogP contribution in [-0.2, 0) is 4.43 Å². The molecular formula is C12H9F21OSi3. The van der Waals surface area contributed by atoms with Gasteiger partial charge in [0.15, 0.2) is 0 Å². The number of hydrogen-bond donors (Lipinski definition) is 0. The zero-order valence-corrected chi connectivity index (χ0v) is 20.7. The number of rotatable bonds is 9. The Bertz CT molecular complexity index is 829. The second-order valence-electron chi connectivity index (χ2n) is 7.60. The molecule has 1 fully saturated rings. The van der Waals surface area contributed by atoms with Gasteiger partial charge >= 0.3 is 53.6 Å². The average molecular weight is 652 g/mol. The fourth-order valence-corrected chi connectivity index (χ4v) is 21.3. The Hall–Kier alpha value is -0.859. The maximum Gasteiger partial charge on any atom is 0.460 e. The summed E-state index contributed by atoms with van der Waals surface area (Å²) < 4.78 is 285. The van der Waals surface area contributed by atoms with Crippen LogP contribution in [0, 0.1) is 0 Å². The Morgan fingerprint density at radius 2 is 0.730 bits per heavy atom. The van der Waals surface area contributed by atoms with Gasteiger partial charge in [0, 0.05) is 15.2 Å². The fourth-order valence-electron chi connectivity index (χ4n) is 2.89. The molecule has 0 aromatic rings. The van der Waals surface area contributed by atoms with Gasteiger partial charge in [-0.25, -0.2) is 8.78 Å². The van der Waals surface area contributed by atoms with Crippen LogP contribution in [0.15, 0.2) is 0 Å². The Kier molecular flexibility index (Phi) is 8.39. The molecule has 1 saturated heterocycles. The van der Waals surface area contributed by atoms with Crippen LogP contribution in [0.2, 0.25) is 6.04 Å². The molecule has 37 heavy (non-hydrogen) atoms. The molecule has 1 aliphatic heterocycles. The van der Waals surface area contributed by atoms with Crippen molar-refractivity contribution >= 4 is 26.1 Å². The predicted molar refractivity (Wildman–Crippen MR) is 85.6 cm³/mol. The maximum absolute atomic E-state index is 14.1. The van der Waals surface area contributed by atoms with Crippen molar-refractivity contribution < 1.29 is 96.6 Å². The van der Waals surface area contributed by atoms with Gasteiger partial charge in [0.05, 0.1) is 0 Å². The molecule has 0 saturated carbocycles. The molecule has 222 valence electrons. The van der Waals surface area contributed by atoms with Crippen LogP contribution in [-0.4, -0.2) is 91.9 Å². The van der Waals surface area contributed by atoms with Crippen molar-refractivity contribution in [3.8, 4) is 0 Å². The van der Waals surface area contributed by atoms with Crippen molar-refractivity contribution in [1.82, 2.24) is 0 Å². The topological polar surface area (TPSA) is 9.23 Å². The predicted octanol–water partition coefficient (Wildman–Crippen LogP) is 4.73. The van der Waals surface area contributed by atoms with Gasteiger partial charge in [0.25, 0.3) is 5.55 Å². The lowest BCUT2D eigenvalue weighted by Gasteiger charge is -2.45. The second kappa shape index (κ2) is 9.09. The standard InChI is InChI=1S/C12H9F21OSi3/c13-3(14,5(17,18)7(21,22)9(25,26)11(29,30)31)4(15,16)6(19,20)8(23,24)10(27,28)12(32,33)37-2-1-34-35-36-37/h37H,1-2,35-36H2. The molecule has 0 aromatic heterocycles.